The van der Waals surface area contributed by atoms with Gasteiger partial charge in [0.1, 0.15) is 11.8 Å². The normalized spacial score (nSPS) is 12.6. The van der Waals surface area contributed by atoms with Crippen LogP contribution in [0.1, 0.15) is 40.1 Å². The van der Waals surface area contributed by atoms with Gasteiger partial charge in [0.05, 0.1) is 7.11 Å². The molecule has 0 aliphatic heterocycles. The van der Waals surface area contributed by atoms with Crippen LogP contribution in [0.15, 0.2) is 48.5 Å². The lowest BCUT2D eigenvalue weighted by atomic mass is 10.1. The molecule has 2 aromatic rings. The number of esters is 1. The van der Waals surface area contributed by atoms with Crippen molar-refractivity contribution in [2.45, 2.75) is 32.9 Å². The van der Waals surface area contributed by atoms with Gasteiger partial charge in [0, 0.05) is 11.1 Å². The Hall–Kier alpha value is -3.15. The van der Waals surface area contributed by atoms with E-state index in [9.17, 15) is 14.4 Å². The van der Waals surface area contributed by atoms with Crippen molar-refractivity contribution in [1.82, 2.24) is 5.32 Å². The number of hydrogen-bond acceptors (Lipinski definition) is 5. The third-order valence-electron chi connectivity index (χ3n) is 4.02. The zero-order valence-electron chi connectivity index (χ0n) is 15.8. The number of Topliss-reactive ketones (excluding diaryl/α,β-unsaturated/α-hetero) is 1. The van der Waals surface area contributed by atoms with Gasteiger partial charge in [-0.15, -0.1) is 0 Å². The minimum Gasteiger partial charge on any atom is -0.497 e. The molecule has 0 aromatic heterocycles. The number of rotatable bonds is 7. The smallest absolute Gasteiger partial charge is 0.329 e. The summed E-state index contributed by atoms with van der Waals surface area (Å²) in [6, 6.07) is 12.7. The number of benzene rings is 2. The van der Waals surface area contributed by atoms with E-state index in [2.05, 4.69) is 5.32 Å². The van der Waals surface area contributed by atoms with Gasteiger partial charge in [-0.3, -0.25) is 9.59 Å². The summed E-state index contributed by atoms with van der Waals surface area (Å²) in [5.41, 5.74) is 1.81. The van der Waals surface area contributed by atoms with Crippen LogP contribution in [0, 0.1) is 6.92 Å². The summed E-state index contributed by atoms with van der Waals surface area (Å²) >= 11 is 0. The Labute approximate surface area is 158 Å². The second kappa shape index (κ2) is 8.98. The molecular formula is C21H23NO5. The van der Waals surface area contributed by atoms with Crippen molar-refractivity contribution in [1.29, 1.82) is 0 Å². The molecule has 0 aliphatic rings. The van der Waals surface area contributed by atoms with E-state index < -0.39 is 18.1 Å². The standard InChI is InChI=1S/C21H23NO5/c1-13-6-5-7-17(12-13)20(24)22-14(2)21(25)27-15(3)19(23)16-8-10-18(26-4)11-9-16/h5-12,14-15H,1-4H3,(H,22,24)/t14-,15+/m0/s1. The van der Waals surface area contributed by atoms with Crippen molar-refractivity contribution in [2.75, 3.05) is 7.11 Å². The Morgan fingerprint density at radius 2 is 1.63 bits per heavy atom. The van der Waals surface area contributed by atoms with Crippen LogP contribution in [0.2, 0.25) is 0 Å². The van der Waals surface area contributed by atoms with E-state index in [1.807, 2.05) is 13.0 Å². The molecular weight excluding hydrogens is 346 g/mol. The quantitative estimate of drug-likeness (QED) is 0.599. The van der Waals surface area contributed by atoms with E-state index in [0.717, 1.165) is 5.56 Å². The third kappa shape index (κ3) is 5.41. The second-order valence-electron chi connectivity index (χ2n) is 6.24. The predicted molar refractivity (Wildman–Crippen MR) is 101 cm³/mol. The molecule has 0 unspecified atom stereocenters. The molecule has 6 heteroatoms. The van der Waals surface area contributed by atoms with E-state index >= 15 is 0 Å². The molecule has 0 bridgehead atoms. The highest BCUT2D eigenvalue weighted by Crippen LogP contribution is 2.14. The van der Waals surface area contributed by atoms with Crippen LogP contribution >= 0.6 is 0 Å². The highest BCUT2D eigenvalue weighted by atomic mass is 16.5. The molecule has 2 atom stereocenters. The van der Waals surface area contributed by atoms with Gasteiger partial charge in [0.2, 0.25) is 5.78 Å². The number of ketones is 1. The summed E-state index contributed by atoms with van der Waals surface area (Å²) in [5.74, 6) is -0.755. The molecule has 0 fully saturated rings. The molecule has 1 amide bonds. The van der Waals surface area contributed by atoms with Crippen LogP contribution in [-0.2, 0) is 9.53 Å². The van der Waals surface area contributed by atoms with Gasteiger partial charge in [0.15, 0.2) is 6.10 Å². The summed E-state index contributed by atoms with van der Waals surface area (Å²) < 4.78 is 10.3. The summed E-state index contributed by atoms with van der Waals surface area (Å²) in [6.07, 6.45) is -0.968. The van der Waals surface area contributed by atoms with E-state index in [1.165, 1.54) is 21.0 Å². The number of ether oxygens (including phenoxy) is 2. The zero-order valence-corrected chi connectivity index (χ0v) is 15.8. The van der Waals surface area contributed by atoms with Crippen molar-refractivity contribution in [2.24, 2.45) is 0 Å². The lowest BCUT2D eigenvalue weighted by Gasteiger charge is -2.17. The molecule has 2 rings (SSSR count). The van der Waals surface area contributed by atoms with Crippen molar-refractivity contribution >= 4 is 17.7 Å². The molecule has 27 heavy (non-hydrogen) atoms. The lowest BCUT2D eigenvalue weighted by Crippen LogP contribution is -2.41. The highest BCUT2D eigenvalue weighted by Gasteiger charge is 2.24. The largest absolute Gasteiger partial charge is 0.497 e. The molecule has 2 aromatic carbocycles. The predicted octanol–water partition coefficient (Wildman–Crippen LogP) is 2.94. The van der Waals surface area contributed by atoms with Crippen molar-refractivity contribution in [3.05, 3.63) is 65.2 Å². The van der Waals surface area contributed by atoms with Gasteiger partial charge in [-0.2, -0.15) is 0 Å². The first-order valence-electron chi connectivity index (χ1n) is 8.58. The number of hydrogen-bond donors (Lipinski definition) is 1. The molecule has 0 spiro atoms. The van der Waals surface area contributed by atoms with Gasteiger partial charge in [-0.25, -0.2) is 4.79 Å². The van der Waals surface area contributed by atoms with Crippen molar-refractivity contribution in [3.63, 3.8) is 0 Å². The average Bonchev–Trinajstić information content (AvgIpc) is 2.67. The van der Waals surface area contributed by atoms with Crippen LogP contribution < -0.4 is 10.1 Å². The summed E-state index contributed by atoms with van der Waals surface area (Å²) in [4.78, 5) is 36.8. The van der Waals surface area contributed by atoms with E-state index in [0.29, 0.717) is 16.9 Å². The molecule has 142 valence electrons. The Bertz CT molecular complexity index is 829. The molecule has 0 saturated heterocycles. The van der Waals surface area contributed by atoms with Gasteiger partial charge in [-0.05, 0) is 57.2 Å². The van der Waals surface area contributed by atoms with E-state index in [4.69, 9.17) is 9.47 Å². The summed E-state index contributed by atoms with van der Waals surface area (Å²) in [7, 11) is 1.54. The highest BCUT2D eigenvalue weighted by molar-refractivity contribution is 6.01. The third-order valence-corrected chi connectivity index (χ3v) is 4.02. The number of carbonyl (C=O) groups is 3. The van der Waals surface area contributed by atoms with E-state index in [1.54, 1.807) is 42.5 Å². The number of methoxy groups -OCH3 is 1. The van der Waals surface area contributed by atoms with Crippen LogP contribution in [0.3, 0.4) is 0 Å². The molecule has 1 N–H and O–H groups in total. The van der Waals surface area contributed by atoms with Crippen LogP contribution in [0.4, 0.5) is 0 Å². The van der Waals surface area contributed by atoms with Crippen LogP contribution in [0.5, 0.6) is 5.75 Å². The van der Waals surface area contributed by atoms with E-state index in [-0.39, 0.29) is 11.7 Å². The number of carbonyl (C=O) groups excluding carboxylic acids is 3. The first kappa shape index (κ1) is 20.2. The number of nitrogens with one attached hydrogen (secondary N) is 1. The van der Waals surface area contributed by atoms with Gasteiger partial charge >= 0.3 is 5.97 Å². The Kier molecular flexibility index (Phi) is 6.71. The fourth-order valence-electron chi connectivity index (χ4n) is 2.45. The van der Waals surface area contributed by atoms with Gasteiger partial charge in [-0.1, -0.05) is 17.7 Å². The summed E-state index contributed by atoms with van der Waals surface area (Å²) in [6.45, 7) is 4.89. The zero-order chi connectivity index (χ0) is 20.0. The molecule has 6 nitrogen and oxygen atoms in total. The Morgan fingerprint density at radius 3 is 2.22 bits per heavy atom. The monoisotopic (exact) mass is 369 g/mol. The Morgan fingerprint density at radius 1 is 0.963 bits per heavy atom. The van der Waals surface area contributed by atoms with Crippen LogP contribution in [-0.4, -0.2) is 36.9 Å². The minimum atomic E-state index is -0.968. The molecule has 0 saturated carbocycles. The molecule has 0 heterocycles. The number of aryl methyl sites for hydroxylation is 1. The first-order valence-corrected chi connectivity index (χ1v) is 8.58. The summed E-state index contributed by atoms with van der Waals surface area (Å²) in [5, 5.41) is 2.58. The number of amides is 1. The van der Waals surface area contributed by atoms with Crippen molar-refractivity contribution in [3.8, 4) is 5.75 Å². The lowest BCUT2D eigenvalue weighted by molar-refractivity contribution is -0.148. The maximum Gasteiger partial charge on any atom is 0.329 e. The van der Waals surface area contributed by atoms with Gasteiger partial charge in [0.25, 0.3) is 5.91 Å². The first-order chi connectivity index (χ1) is 12.8. The maximum atomic E-state index is 12.4. The second-order valence-corrected chi connectivity index (χ2v) is 6.24. The molecule has 0 aliphatic carbocycles. The van der Waals surface area contributed by atoms with Crippen LogP contribution in [0.25, 0.3) is 0 Å². The average molecular weight is 369 g/mol. The fourth-order valence-corrected chi connectivity index (χ4v) is 2.45. The maximum absolute atomic E-state index is 12.4. The molecule has 0 radical (unpaired) electrons. The SMILES string of the molecule is COc1ccc(C(=O)[C@@H](C)OC(=O)[C@H](C)NC(=O)c2cccc(C)c2)cc1. The minimum absolute atomic E-state index is 0.330. The van der Waals surface area contributed by atoms with Crippen molar-refractivity contribution < 1.29 is 23.9 Å². The topological polar surface area (TPSA) is 81.7 Å². The van der Waals surface area contributed by atoms with Gasteiger partial charge < -0.3 is 14.8 Å². The Balaban J connectivity index is 1.94. The fraction of sp³-hybridized carbons (Fsp3) is 0.286.